The Hall–Kier alpha value is -1.80. The Kier molecular flexibility index (Phi) is 3.03. The first kappa shape index (κ1) is 11.3. The summed E-state index contributed by atoms with van der Waals surface area (Å²) in [5.74, 6) is 0. The van der Waals surface area contributed by atoms with Gasteiger partial charge in [-0.05, 0) is 24.3 Å². The molecule has 3 rings (SSSR count). The van der Waals surface area contributed by atoms with Crippen molar-refractivity contribution in [3.8, 4) is 0 Å². The number of hydrogen-bond donors (Lipinski definition) is 0. The number of amidine groups is 1. The van der Waals surface area contributed by atoms with E-state index in [1.54, 1.807) is 0 Å². The van der Waals surface area contributed by atoms with Crippen molar-refractivity contribution in [2.24, 2.45) is 0 Å². The van der Waals surface area contributed by atoms with Crippen molar-refractivity contribution < 1.29 is 4.58 Å². The van der Waals surface area contributed by atoms with Crippen molar-refractivity contribution in [3.63, 3.8) is 0 Å². The second-order valence-corrected chi connectivity index (χ2v) is 4.58. The smallest absolute Gasteiger partial charge is 0.213 e. The van der Waals surface area contributed by atoms with Gasteiger partial charge >= 0.3 is 5.29 Å². The average molecular weight is 258 g/mol. The second kappa shape index (κ2) is 4.83. The molecule has 0 unspecified atom stereocenters. The average Bonchev–Trinajstić information content (AvgIpc) is 2.83. The number of rotatable bonds is 2. The number of anilines is 1. The molecule has 3 heteroatoms. The van der Waals surface area contributed by atoms with Crippen LogP contribution in [0, 0.1) is 0 Å². The molecule has 0 aromatic heterocycles. The quantitative estimate of drug-likeness (QED) is 0.590. The normalized spacial score (nSPS) is 15.3. The third-order valence-electron chi connectivity index (χ3n) is 3.13. The van der Waals surface area contributed by atoms with Crippen molar-refractivity contribution >= 4 is 28.3 Å². The second-order valence-electron chi connectivity index (χ2n) is 4.24. The van der Waals surface area contributed by atoms with Gasteiger partial charge in [0.2, 0.25) is 0 Å². The van der Waals surface area contributed by atoms with E-state index in [0.29, 0.717) is 0 Å². The molecule has 0 saturated carbocycles. The summed E-state index contributed by atoms with van der Waals surface area (Å²) in [6.07, 6.45) is 0. The Morgan fingerprint density at radius 2 is 1.50 bits per heavy atom. The lowest BCUT2D eigenvalue weighted by Crippen LogP contribution is -2.23. The molecule has 0 aliphatic carbocycles. The SMILES string of the molecule is ClC1=[N+](c2ccccc2)CCN1c1ccccc1. The van der Waals surface area contributed by atoms with Gasteiger partial charge in [-0.2, -0.15) is 0 Å². The van der Waals surface area contributed by atoms with E-state index in [4.69, 9.17) is 11.6 Å². The summed E-state index contributed by atoms with van der Waals surface area (Å²) >= 11 is 6.48. The van der Waals surface area contributed by atoms with E-state index in [1.165, 1.54) is 0 Å². The molecule has 1 heterocycles. The zero-order valence-corrected chi connectivity index (χ0v) is 10.7. The van der Waals surface area contributed by atoms with Crippen LogP contribution in [0.3, 0.4) is 0 Å². The summed E-state index contributed by atoms with van der Waals surface area (Å²) in [5.41, 5.74) is 2.28. The van der Waals surface area contributed by atoms with Crippen molar-refractivity contribution in [1.29, 1.82) is 0 Å². The minimum absolute atomic E-state index is 0.771. The maximum Gasteiger partial charge on any atom is 0.355 e. The topological polar surface area (TPSA) is 6.25 Å². The Bertz CT molecular complexity index is 564. The van der Waals surface area contributed by atoms with Gasteiger partial charge in [0.05, 0.1) is 0 Å². The zero-order valence-electron chi connectivity index (χ0n) is 9.96. The minimum Gasteiger partial charge on any atom is -0.213 e. The van der Waals surface area contributed by atoms with Crippen molar-refractivity contribution in [1.82, 2.24) is 0 Å². The molecule has 2 aromatic rings. The summed E-state index contributed by atoms with van der Waals surface area (Å²) in [6, 6.07) is 20.5. The number of benzene rings is 2. The third-order valence-corrected chi connectivity index (χ3v) is 3.54. The molecule has 1 aliphatic rings. The van der Waals surface area contributed by atoms with Gasteiger partial charge in [-0.25, -0.2) is 9.48 Å². The number of halogens is 1. The molecule has 18 heavy (non-hydrogen) atoms. The Morgan fingerprint density at radius 3 is 2.17 bits per heavy atom. The van der Waals surface area contributed by atoms with Gasteiger partial charge in [0.25, 0.3) is 0 Å². The van der Waals surface area contributed by atoms with Crippen molar-refractivity contribution in [2.45, 2.75) is 0 Å². The fourth-order valence-corrected chi connectivity index (χ4v) is 2.58. The molecule has 0 radical (unpaired) electrons. The lowest BCUT2D eigenvalue weighted by molar-refractivity contribution is -0.426. The minimum atomic E-state index is 0.771. The van der Waals surface area contributed by atoms with Gasteiger partial charge < -0.3 is 0 Å². The molecule has 1 aliphatic heterocycles. The molecule has 0 bridgehead atoms. The lowest BCUT2D eigenvalue weighted by atomic mass is 10.3. The van der Waals surface area contributed by atoms with E-state index < -0.39 is 0 Å². The third kappa shape index (κ3) is 2.00. The molecule has 2 nitrogen and oxygen atoms in total. The largest absolute Gasteiger partial charge is 0.355 e. The van der Waals surface area contributed by atoms with Crippen LogP contribution in [-0.2, 0) is 0 Å². The predicted octanol–water partition coefficient (Wildman–Crippen LogP) is 3.45. The van der Waals surface area contributed by atoms with E-state index in [9.17, 15) is 0 Å². The first-order valence-electron chi connectivity index (χ1n) is 6.04. The Balaban J connectivity index is 1.97. The molecule has 0 saturated heterocycles. The molecular weight excluding hydrogens is 244 g/mol. The Morgan fingerprint density at radius 1 is 0.889 bits per heavy atom. The standard InChI is InChI=1S/C15H14ClN2/c16-15-17(13-7-3-1-4-8-13)11-12-18(15)14-9-5-2-6-10-14/h1-10H,11-12H2/q+1. The maximum absolute atomic E-state index is 6.48. The first-order chi connectivity index (χ1) is 8.86. The van der Waals surface area contributed by atoms with Gasteiger partial charge in [0, 0.05) is 11.6 Å². The predicted molar refractivity (Wildman–Crippen MR) is 75.9 cm³/mol. The summed E-state index contributed by atoms with van der Waals surface area (Å²) < 4.78 is 2.13. The highest BCUT2D eigenvalue weighted by atomic mass is 35.5. The van der Waals surface area contributed by atoms with E-state index in [2.05, 4.69) is 33.7 Å². The van der Waals surface area contributed by atoms with Crippen LogP contribution < -0.4 is 4.90 Å². The maximum atomic E-state index is 6.48. The number of hydrogen-bond acceptors (Lipinski definition) is 1. The van der Waals surface area contributed by atoms with Gasteiger partial charge in [-0.15, -0.1) is 0 Å². The summed E-state index contributed by atoms with van der Waals surface area (Å²) in [4.78, 5) is 2.13. The molecule has 0 atom stereocenters. The number of nitrogens with zero attached hydrogens (tertiary/aromatic N) is 2. The van der Waals surface area contributed by atoms with Crippen molar-refractivity contribution in [3.05, 3.63) is 60.7 Å². The molecule has 0 spiro atoms. The fraction of sp³-hybridized carbons (Fsp3) is 0.133. The molecule has 2 aromatic carbocycles. The van der Waals surface area contributed by atoms with Gasteiger partial charge in [0.15, 0.2) is 0 Å². The first-order valence-corrected chi connectivity index (χ1v) is 6.42. The molecule has 90 valence electrons. The van der Waals surface area contributed by atoms with Crippen LogP contribution in [0.1, 0.15) is 0 Å². The van der Waals surface area contributed by atoms with E-state index in [-0.39, 0.29) is 0 Å². The van der Waals surface area contributed by atoms with Crippen LogP contribution in [0.4, 0.5) is 11.4 Å². The molecule has 0 fully saturated rings. The van der Waals surface area contributed by atoms with Gasteiger partial charge in [0.1, 0.15) is 24.5 Å². The molecular formula is C15H14ClN2+. The van der Waals surface area contributed by atoms with E-state index >= 15 is 0 Å². The van der Waals surface area contributed by atoms with Crippen LogP contribution in [0.25, 0.3) is 0 Å². The van der Waals surface area contributed by atoms with Crippen LogP contribution in [0.2, 0.25) is 0 Å². The highest BCUT2D eigenvalue weighted by Crippen LogP contribution is 2.22. The summed E-state index contributed by atoms with van der Waals surface area (Å²) in [6.45, 7) is 1.83. The zero-order chi connectivity index (χ0) is 12.4. The highest BCUT2D eigenvalue weighted by molar-refractivity contribution is 6.66. The van der Waals surface area contributed by atoms with Crippen LogP contribution in [-0.4, -0.2) is 23.0 Å². The lowest BCUT2D eigenvalue weighted by Gasteiger charge is -2.07. The van der Waals surface area contributed by atoms with Gasteiger partial charge in [-0.3, -0.25) is 0 Å². The Labute approximate surface area is 112 Å². The molecule has 0 amide bonds. The van der Waals surface area contributed by atoms with E-state index in [0.717, 1.165) is 29.8 Å². The number of para-hydroxylation sites is 2. The van der Waals surface area contributed by atoms with Crippen LogP contribution in [0.15, 0.2) is 60.7 Å². The van der Waals surface area contributed by atoms with Crippen LogP contribution >= 0.6 is 11.6 Å². The van der Waals surface area contributed by atoms with Crippen LogP contribution in [0.5, 0.6) is 0 Å². The monoisotopic (exact) mass is 257 g/mol. The van der Waals surface area contributed by atoms with Crippen molar-refractivity contribution in [2.75, 3.05) is 18.0 Å². The summed E-state index contributed by atoms with van der Waals surface area (Å²) in [5, 5.41) is 0.771. The highest BCUT2D eigenvalue weighted by Gasteiger charge is 2.31. The molecule has 0 N–H and O–H groups in total. The summed E-state index contributed by atoms with van der Waals surface area (Å²) in [7, 11) is 0. The van der Waals surface area contributed by atoms with E-state index in [1.807, 2.05) is 36.4 Å². The fourth-order valence-electron chi connectivity index (χ4n) is 2.22. The van der Waals surface area contributed by atoms with Gasteiger partial charge in [-0.1, -0.05) is 36.4 Å².